The monoisotopic (exact) mass is 461 g/mol. The van der Waals surface area contributed by atoms with E-state index in [-0.39, 0.29) is 22.5 Å². The molecular formula is C25H28ClFeN3+2. The average molecular weight is 462 g/mol. The number of fused-ring (bicyclic) bond motifs is 1. The van der Waals surface area contributed by atoms with Crippen LogP contribution in [0.4, 0.5) is 5.69 Å². The number of pyridine rings is 1. The molecule has 30 heavy (non-hydrogen) atoms. The van der Waals surface area contributed by atoms with Crippen LogP contribution in [0, 0.1) is 69.1 Å². The van der Waals surface area contributed by atoms with Crippen LogP contribution in [-0.2, 0) is 17.1 Å². The number of hydrogen-bond acceptors (Lipinski definition) is 3. The summed E-state index contributed by atoms with van der Waals surface area (Å²) in [5.74, 6) is 1.33. The standard InChI is InChI=1S/C20H23ClN3.C5H5.Fe/c1-20(2,13-22-12-15-5-3-4-6-15)14-24-18-9-10-23-19-11-16(21)7-8-17(18)19;1-2-4-5-3-1;/h3-11,22H,12-14H2,1-2H3,(H,23,24);1-5H;/q;;+2. The molecule has 2 fully saturated rings. The predicted octanol–water partition coefficient (Wildman–Crippen LogP) is 5.34. The minimum Gasteiger partial charge on any atom is -0.384 e. The van der Waals surface area contributed by atoms with E-state index in [1.54, 1.807) is 0 Å². The topological polar surface area (TPSA) is 37.0 Å². The molecule has 0 aliphatic heterocycles. The number of anilines is 1. The van der Waals surface area contributed by atoms with Crippen LogP contribution < -0.4 is 10.6 Å². The second kappa shape index (κ2) is 12.9. The van der Waals surface area contributed by atoms with Crippen molar-refractivity contribution in [2.24, 2.45) is 5.41 Å². The summed E-state index contributed by atoms with van der Waals surface area (Å²) in [5.41, 5.74) is 2.15. The van der Waals surface area contributed by atoms with Crippen molar-refractivity contribution in [3.8, 4) is 0 Å². The Morgan fingerprint density at radius 3 is 2.23 bits per heavy atom. The van der Waals surface area contributed by atoms with Gasteiger partial charge in [0.25, 0.3) is 0 Å². The number of aromatic nitrogens is 1. The van der Waals surface area contributed by atoms with Crippen LogP contribution in [0.1, 0.15) is 13.8 Å². The molecule has 2 aliphatic carbocycles. The fourth-order valence-corrected chi connectivity index (χ4v) is 3.24. The van der Waals surface area contributed by atoms with Crippen molar-refractivity contribution in [1.82, 2.24) is 10.3 Å². The SMILES string of the molecule is CC(C)(CNC[C]1[CH][CH][CH][CH]1)CNc1ccnc2cc(Cl)ccc12.[CH]1[CH][CH][CH][CH]1.[Fe+2]. The maximum absolute atomic E-state index is 6.05. The van der Waals surface area contributed by atoms with E-state index in [1.165, 1.54) is 5.92 Å². The Morgan fingerprint density at radius 1 is 0.900 bits per heavy atom. The van der Waals surface area contributed by atoms with Crippen molar-refractivity contribution in [2.45, 2.75) is 13.8 Å². The molecule has 10 radical (unpaired) electrons. The van der Waals surface area contributed by atoms with Gasteiger partial charge in [-0.3, -0.25) is 4.98 Å². The molecule has 3 nitrogen and oxygen atoms in total. The molecule has 156 valence electrons. The summed E-state index contributed by atoms with van der Waals surface area (Å²) in [6.45, 7) is 7.26. The van der Waals surface area contributed by atoms with E-state index < -0.39 is 0 Å². The molecule has 1 aromatic carbocycles. The van der Waals surface area contributed by atoms with Crippen LogP contribution in [0.15, 0.2) is 30.5 Å². The minimum atomic E-state index is 0. The third-order valence-electron chi connectivity index (χ3n) is 4.68. The first-order valence-electron chi connectivity index (χ1n) is 9.90. The number of nitrogens with zero attached hydrogens (tertiary/aromatic N) is 1. The Morgan fingerprint density at radius 2 is 1.57 bits per heavy atom. The van der Waals surface area contributed by atoms with Gasteiger partial charge in [-0.2, -0.15) is 0 Å². The van der Waals surface area contributed by atoms with Gasteiger partial charge in [0, 0.05) is 41.9 Å². The fourth-order valence-electron chi connectivity index (χ4n) is 3.07. The number of hydrogen-bond donors (Lipinski definition) is 2. The third kappa shape index (κ3) is 8.38. The van der Waals surface area contributed by atoms with Crippen molar-refractivity contribution >= 4 is 28.2 Å². The minimum absolute atomic E-state index is 0. The molecule has 0 spiro atoms. The molecule has 0 saturated heterocycles. The first-order chi connectivity index (χ1) is 14.0. The van der Waals surface area contributed by atoms with E-state index in [0.29, 0.717) is 5.02 Å². The van der Waals surface area contributed by atoms with Crippen LogP contribution >= 0.6 is 11.6 Å². The van der Waals surface area contributed by atoms with E-state index in [9.17, 15) is 0 Å². The number of benzene rings is 1. The normalized spacial score (nSPS) is 16.8. The Bertz CT molecular complexity index is 748. The molecule has 2 aliphatic rings. The van der Waals surface area contributed by atoms with Crippen LogP contribution in [0.2, 0.25) is 5.02 Å². The summed E-state index contributed by atoms with van der Waals surface area (Å²) in [4.78, 5) is 4.39. The van der Waals surface area contributed by atoms with Crippen molar-refractivity contribution < 1.29 is 17.1 Å². The number of halogens is 1. The van der Waals surface area contributed by atoms with Gasteiger partial charge in [-0.05, 0) is 93.4 Å². The summed E-state index contributed by atoms with van der Waals surface area (Å²) < 4.78 is 0. The second-order valence-corrected chi connectivity index (χ2v) is 8.33. The quantitative estimate of drug-likeness (QED) is 0.547. The summed E-state index contributed by atoms with van der Waals surface area (Å²) in [6.07, 6.45) is 20.3. The Labute approximate surface area is 198 Å². The molecule has 0 bridgehead atoms. The summed E-state index contributed by atoms with van der Waals surface area (Å²) in [6, 6.07) is 7.84. The number of rotatable bonds is 7. The van der Waals surface area contributed by atoms with Crippen molar-refractivity contribution in [1.29, 1.82) is 0 Å². The van der Waals surface area contributed by atoms with E-state index in [1.807, 2.05) is 62.6 Å². The van der Waals surface area contributed by atoms with E-state index >= 15 is 0 Å². The molecule has 5 heteroatoms. The zero-order valence-electron chi connectivity index (χ0n) is 17.4. The van der Waals surface area contributed by atoms with Gasteiger partial charge in [-0.1, -0.05) is 25.4 Å². The first kappa shape index (κ1) is 25.5. The van der Waals surface area contributed by atoms with Crippen molar-refractivity contribution in [3.63, 3.8) is 0 Å². The molecule has 0 unspecified atom stereocenters. The van der Waals surface area contributed by atoms with Crippen LogP contribution in [0.5, 0.6) is 0 Å². The van der Waals surface area contributed by atoms with Gasteiger partial charge in [0.1, 0.15) is 0 Å². The molecule has 1 heterocycles. The van der Waals surface area contributed by atoms with Gasteiger partial charge < -0.3 is 10.6 Å². The van der Waals surface area contributed by atoms with E-state index in [4.69, 9.17) is 11.6 Å². The average Bonchev–Trinajstić information content (AvgIpc) is 3.42. The summed E-state index contributed by atoms with van der Waals surface area (Å²) >= 11 is 6.05. The zero-order chi connectivity index (χ0) is 20.5. The van der Waals surface area contributed by atoms with Crippen molar-refractivity contribution in [3.05, 3.63) is 99.2 Å². The Hall–Kier alpha value is -0.801. The van der Waals surface area contributed by atoms with Gasteiger partial charge >= 0.3 is 17.1 Å². The van der Waals surface area contributed by atoms with Crippen LogP contribution in [0.3, 0.4) is 0 Å². The largest absolute Gasteiger partial charge is 2.00 e. The molecule has 4 rings (SSSR count). The van der Waals surface area contributed by atoms with Gasteiger partial charge in [0.15, 0.2) is 0 Å². The van der Waals surface area contributed by atoms with Gasteiger partial charge in [0.2, 0.25) is 0 Å². The Kier molecular flexibility index (Phi) is 11.0. The molecule has 2 aromatic rings. The molecule has 1 aromatic heterocycles. The molecular weight excluding hydrogens is 434 g/mol. The maximum atomic E-state index is 6.05. The van der Waals surface area contributed by atoms with E-state index in [0.717, 1.165) is 36.2 Å². The predicted molar refractivity (Wildman–Crippen MR) is 124 cm³/mol. The maximum Gasteiger partial charge on any atom is 2.00 e. The van der Waals surface area contributed by atoms with Crippen LogP contribution in [0.25, 0.3) is 10.9 Å². The third-order valence-corrected chi connectivity index (χ3v) is 4.92. The Balaban J connectivity index is 0.000000468. The number of nitrogens with one attached hydrogen (secondary N) is 2. The smallest absolute Gasteiger partial charge is 0.384 e. The molecule has 0 amide bonds. The zero-order valence-corrected chi connectivity index (χ0v) is 19.2. The van der Waals surface area contributed by atoms with Crippen LogP contribution in [-0.4, -0.2) is 24.6 Å². The van der Waals surface area contributed by atoms with Gasteiger partial charge in [0.05, 0.1) is 5.52 Å². The summed E-state index contributed by atoms with van der Waals surface area (Å²) in [7, 11) is 0. The molecule has 2 saturated carbocycles. The van der Waals surface area contributed by atoms with E-state index in [2.05, 4.69) is 55.1 Å². The molecule has 0 atom stereocenters. The van der Waals surface area contributed by atoms with Gasteiger partial charge in [-0.15, -0.1) is 0 Å². The van der Waals surface area contributed by atoms with Crippen molar-refractivity contribution in [2.75, 3.05) is 25.0 Å². The fraction of sp³-hybridized carbons (Fsp3) is 0.240. The molecule has 2 N–H and O–H groups in total. The van der Waals surface area contributed by atoms with Gasteiger partial charge in [-0.25, -0.2) is 0 Å². The second-order valence-electron chi connectivity index (χ2n) is 7.90. The summed E-state index contributed by atoms with van der Waals surface area (Å²) in [5, 5.41) is 8.92. The first-order valence-corrected chi connectivity index (χ1v) is 10.3.